The van der Waals surface area contributed by atoms with Crippen molar-refractivity contribution in [3.63, 3.8) is 0 Å². The number of fused-ring (bicyclic) bond motifs is 2. The van der Waals surface area contributed by atoms with E-state index < -0.39 is 11.2 Å². The van der Waals surface area contributed by atoms with Gasteiger partial charge in [-0.2, -0.15) is 0 Å². The highest BCUT2D eigenvalue weighted by molar-refractivity contribution is 7.10. The first kappa shape index (κ1) is 18.6. The molecule has 0 fully saturated rings. The first-order valence-electron chi connectivity index (χ1n) is 8.73. The zero-order chi connectivity index (χ0) is 19.1. The van der Waals surface area contributed by atoms with Gasteiger partial charge in [-0.3, -0.25) is 9.98 Å². The van der Waals surface area contributed by atoms with E-state index >= 15 is 4.39 Å². The number of hydrogen-bond acceptors (Lipinski definition) is 3. The number of aromatic nitrogens is 1. The zero-order valence-electron chi connectivity index (χ0n) is 15.6. The van der Waals surface area contributed by atoms with Crippen LogP contribution in [-0.2, 0) is 5.67 Å². The maximum absolute atomic E-state index is 15.3. The van der Waals surface area contributed by atoms with Crippen molar-refractivity contribution in [1.82, 2.24) is 4.98 Å². The Morgan fingerprint density at radius 2 is 1.81 bits per heavy atom. The molecule has 0 saturated carbocycles. The summed E-state index contributed by atoms with van der Waals surface area (Å²) in [5.74, 6) is -0.350. The van der Waals surface area contributed by atoms with E-state index in [4.69, 9.17) is 4.99 Å². The van der Waals surface area contributed by atoms with Crippen LogP contribution in [0.25, 0.3) is 10.9 Å². The van der Waals surface area contributed by atoms with Crippen LogP contribution < -0.4 is 0 Å². The molecule has 1 atom stereocenters. The number of aliphatic imine (C=N–C) groups is 1. The van der Waals surface area contributed by atoms with Crippen molar-refractivity contribution in [2.24, 2.45) is 4.99 Å². The number of hydrogen-bond donors (Lipinski definition) is 0. The van der Waals surface area contributed by atoms with E-state index in [1.165, 1.54) is 17.4 Å². The first-order valence-corrected chi connectivity index (χ1v) is 9.61. The van der Waals surface area contributed by atoms with Crippen LogP contribution >= 0.6 is 11.3 Å². The molecule has 2 aromatic heterocycles. The molecule has 3 aromatic rings. The molecule has 5 heteroatoms. The zero-order valence-corrected chi connectivity index (χ0v) is 16.4. The van der Waals surface area contributed by atoms with Gasteiger partial charge in [0.05, 0.1) is 16.1 Å². The third kappa shape index (κ3) is 2.75. The minimum atomic E-state index is -1.53. The fourth-order valence-electron chi connectivity index (χ4n) is 3.05. The highest BCUT2D eigenvalue weighted by Gasteiger charge is 2.49. The SMILES string of the molecule is CC.CC1(C)N=C(c2cnc3c(F)cccc3c2)c2ccsc2C1(C)F. The van der Waals surface area contributed by atoms with Gasteiger partial charge in [0.2, 0.25) is 0 Å². The van der Waals surface area contributed by atoms with Crippen molar-refractivity contribution < 1.29 is 8.78 Å². The maximum Gasteiger partial charge on any atom is 0.167 e. The predicted molar refractivity (Wildman–Crippen MR) is 106 cm³/mol. The summed E-state index contributed by atoms with van der Waals surface area (Å²) in [6, 6.07) is 8.62. The monoisotopic (exact) mass is 372 g/mol. The summed E-state index contributed by atoms with van der Waals surface area (Å²) in [4.78, 5) is 9.62. The lowest BCUT2D eigenvalue weighted by Crippen LogP contribution is -2.44. The molecule has 1 aliphatic heterocycles. The Hall–Kier alpha value is -2.14. The van der Waals surface area contributed by atoms with Crippen molar-refractivity contribution >= 4 is 28.0 Å². The van der Waals surface area contributed by atoms with E-state index in [-0.39, 0.29) is 5.82 Å². The Morgan fingerprint density at radius 3 is 2.54 bits per heavy atom. The number of rotatable bonds is 1. The van der Waals surface area contributed by atoms with Gasteiger partial charge in [-0.25, -0.2) is 8.78 Å². The Labute approximate surface area is 156 Å². The predicted octanol–water partition coefficient (Wildman–Crippen LogP) is 6.28. The second-order valence-electron chi connectivity index (χ2n) is 6.72. The number of pyridine rings is 1. The summed E-state index contributed by atoms with van der Waals surface area (Å²) in [5.41, 5.74) is 0.189. The number of alkyl halides is 1. The number of benzene rings is 1. The van der Waals surface area contributed by atoms with E-state index in [2.05, 4.69) is 4.98 Å². The Balaban J connectivity index is 0.000000948. The molecule has 2 nitrogen and oxygen atoms in total. The van der Waals surface area contributed by atoms with E-state index in [1.54, 1.807) is 33.0 Å². The van der Waals surface area contributed by atoms with Gasteiger partial charge >= 0.3 is 0 Å². The van der Waals surface area contributed by atoms with Gasteiger partial charge in [-0.15, -0.1) is 11.3 Å². The molecule has 1 unspecified atom stereocenters. The molecule has 1 aromatic carbocycles. The standard InChI is InChI=1S/C19H16F2N2S.C2H6/c1-18(2)19(3,21)17-13(7-8-24-17)15(23-18)12-9-11-5-4-6-14(20)16(11)22-10-12;1-2/h4-10H,1-3H3;1-2H3. The molecule has 0 saturated heterocycles. The molecule has 0 bridgehead atoms. The molecule has 0 radical (unpaired) electrons. The smallest absolute Gasteiger partial charge is 0.167 e. The van der Waals surface area contributed by atoms with Gasteiger partial charge in [0.15, 0.2) is 5.67 Å². The lowest BCUT2D eigenvalue weighted by molar-refractivity contribution is 0.0984. The highest BCUT2D eigenvalue weighted by Crippen LogP contribution is 2.47. The molecule has 0 aliphatic carbocycles. The van der Waals surface area contributed by atoms with Gasteiger partial charge in [0.25, 0.3) is 0 Å². The van der Waals surface area contributed by atoms with E-state index in [0.29, 0.717) is 21.5 Å². The van der Waals surface area contributed by atoms with Crippen LogP contribution in [0.1, 0.15) is 50.6 Å². The van der Waals surface area contributed by atoms with Crippen molar-refractivity contribution in [2.75, 3.05) is 0 Å². The lowest BCUT2D eigenvalue weighted by atomic mass is 9.79. The first-order chi connectivity index (χ1) is 12.3. The number of thiophene rings is 1. The van der Waals surface area contributed by atoms with Gasteiger partial charge in [0.1, 0.15) is 11.3 Å². The minimum absolute atomic E-state index is 0.331. The molecular weight excluding hydrogens is 350 g/mol. The molecular formula is C21H22F2N2S. The minimum Gasteiger partial charge on any atom is -0.274 e. The molecule has 0 N–H and O–H groups in total. The summed E-state index contributed by atoms with van der Waals surface area (Å²) in [5, 5.41) is 2.59. The molecule has 0 amide bonds. The summed E-state index contributed by atoms with van der Waals surface area (Å²) >= 11 is 1.40. The van der Waals surface area contributed by atoms with Crippen molar-refractivity contribution in [3.8, 4) is 0 Å². The molecule has 136 valence electrons. The normalized spacial score (nSPS) is 20.8. The van der Waals surface area contributed by atoms with Crippen LogP contribution in [0.2, 0.25) is 0 Å². The summed E-state index contributed by atoms with van der Waals surface area (Å²) < 4.78 is 29.1. The van der Waals surface area contributed by atoms with Gasteiger partial charge in [-0.1, -0.05) is 26.0 Å². The molecule has 4 rings (SSSR count). The summed E-state index contributed by atoms with van der Waals surface area (Å²) in [7, 11) is 0. The molecule has 1 aliphatic rings. The highest BCUT2D eigenvalue weighted by atomic mass is 32.1. The number of nitrogens with zero attached hydrogens (tertiary/aromatic N) is 2. The quantitative estimate of drug-likeness (QED) is 0.494. The van der Waals surface area contributed by atoms with Crippen LogP contribution in [0.5, 0.6) is 0 Å². The summed E-state index contributed by atoms with van der Waals surface area (Å²) in [6.45, 7) is 9.17. The molecule has 26 heavy (non-hydrogen) atoms. The third-order valence-electron chi connectivity index (χ3n) is 4.82. The third-order valence-corrected chi connectivity index (χ3v) is 5.93. The van der Waals surface area contributed by atoms with Crippen LogP contribution in [-0.4, -0.2) is 16.2 Å². The van der Waals surface area contributed by atoms with Crippen molar-refractivity contribution in [2.45, 2.75) is 45.8 Å². The Kier molecular flexibility index (Phi) is 4.69. The topological polar surface area (TPSA) is 25.2 Å². The van der Waals surface area contributed by atoms with Crippen LogP contribution in [0.3, 0.4) is 0 Å². The Bertz CT molecular complexity index is 987. The van der Waals surface area contributed by atoms with Gasteiger partial charge < -0.3 is 0 Å². The average molecular weight is 372 g/mol. The molecule has 0 spiro atoms. The fourth-order valence-corrected chi connectivity index (χ4v) is 4.16. The van der Waals surface area contributed by atoms with Crippen LogP contribution in [0.4, 0.5) is 8.78 Å². The van der Waals surface area contributed by atoms with Gasteiger partial charge in [0, 0.05) is 22.7 Å². The van der Waals surface area contributed by atoms with E-state index in [9.17, 15) is 4.39 Å². The lowest BCUT2D eigenvalue weighted by Gasteiger charge is -2.39. The van der Waals surface area contributed by atoms with Crippen LogP contribution in [0.15, 0.2) is 46.9 Å². The second kappa shape index (κ2) is 6.54. The maximum atomic E-state index is 15.3. The number of para-hydroxylation sites is 1. The van der Waals surface area contributed by atoms with Crippen molar-refractivity contribution in [3.05, 3.63) is 63.7 Å². The van der Waals surface area contributed by atoms with Crippen LogP contribution in [0, 0.1) is 5.82 Å². The number of halogens is 2. The Morgan fingerprint density at radius 1 is 1.08 bits per heavy atom. The largest absolute Gasteiger partial charge is 0.274 e. The van der Waals surface area contributed by atoms with Crippen molar-refractivity contribution in [1.29, 1.82) is 0 Å². The van der Waals surface area contributed by atoms with Gasteiger partial charge in [-0.05, 0) is 44.4 Å². The average Bonchev–Trinajstić information content (AvgIpc) is 3.11. The van der Waals surface area contributed by atoms with E-state index in [1.807, 2.05) is 37.4 Å². The second-order valence-corrected chi connectivity index (χ2v) is 7.64. The summed E-state index contributed by atoms with van der Waals surface area (Å²) in [6.07, 6.45) is 1.61. The van der Waals surface area contributed by atoms with E-state index in [0.717, 1.165) is 11.1 Å². The molecule has 3 heterocycles. The fraction of sp³-hybridized carbons (Fsp3) is 0.333.